The lowest BCUT2D eigenvalue weighted by atomic mass is 10.3. The van der Waals surface area contributed by atoms with Crippen molar-refractivity contribution in [2.24, 2.45) is 0 Å². The zero-order valence-electron chi connectivity index (χ0n) is 13.2. The molecule has 0 aromatic carbocycles. The highest BCUT2D eigenvalue weighted by Crippen LogP contribution is 2.25. The predicted octanol–water partition coefficient (Wildman–Crippen LogP) is 2.98. The minimum atomic E-state index is -3.37. The Morgan fingerprint density at radius 3 is 2.67 bits per heavy atom. The molecule has 1 heterocycles. The third-order valence-electron chi connectivity index (χ3n) is 2.96. The van der Waals surface area contributed by atoms with Crippen LogP contribution < -0.4 is 10.0 Å². The van der Waals surface area contributed by atoms with Gasteiger partial charge in [-0.2, -0.15) is 11.8 Å². The highest BCUT2D eigenvalue weighted by molar-refractivity contribution is 7.98. The van der Waals surface area contributed by atoms with Gasteiger partial charge in [0.2, 0.25) is 10.0 Å². The molecular formula is C14H26N2O2S3. The summed E-state index contributed by atoms with van der Waals surface area (Å²) >= 11 is 3.33. The van der Waals surface area contributed by atoms with Crippen LogP contribution in [0.4, 0.5) is 0 Å². The van der Waals surface area contributed by atoms with Crippen molar-refractivity contribution in [1.82, 2.24) is 10.0 Å². The molecule has 0 aliphatic heterocycles. The molecule has 2 N–H and O–H groups in total. The number of rotatable bonds is 10. The highest BCUT2D eigenvalue weighted by atomic mass is 32.2. The lowest BCUT2D eigenvalue weighted by Crippen LogP contribution is -2.25. The van der Waals surface area contributed by atoms with E-state index >= 15 is 0 Å². The molecule has 122 valence electrons. The van der Waals surface area contributed by atoms with Crippen LogP contribution in [-0.4, -0.2) is 33.0 Å². The Morgan fingerprint density at radius 2 is 2.05 bits per heavy atom. The number of aryl methyl sites for hydroxylation is 1. The zero-order chi connectivity index (χ0) is 15.9. The summed E-state index contributed by atoms with van der Waals surface area (Å²) < 4.78 is 27.3. The van der Waals surface area contributed by atoms with E-state index in [1.807, 2.05) is 6.92 Å². The number of sulfonamides is 1. The zero-order valence-corrected chi connectivity index (χ0v) is 15.7. The highest BCUT2D eigenvalue weighted by Gasteiger charge is 2.19. The number of hydrogen-bond donors (Lipinski definition) is 2. The second-order valence-electron chi connectivity index (χ2n) is 5.27. The fourth-order valence-corrected chi connectivity index (χ4v) is 4.99. The average Bonchev–Trinajstić information content (AvgIpc) is 2.78. The van der Waals surface area contributed by atoms with Crippen LogP contribution >= 0.6 is 23.1 Å². The smallest absolute Gasteiger partial charge is 0.241 e. The van der Waals surface area contributed by atoms with Gasteiger partial charge in [0.25, 0.3) is 0 Å². The number of thioether (sulfide) groups is 1. The van der Waals surface area contributed by atoms with E-state index in [4.69, 9.17) is 0 Å². The molecule has 0 radical (unpaired) electrons. The minimum Gasteiger partial charge on any atom is -0.310 e. The van der Waals surface area contributed by atoms with Gasteiger partial charge in [-0.15, -0.1) is 11.3 Å². The van der Waals surface area contributed by atoms with Gasteiger partial charge in [-0.3, -0.25) is 0 Å². The monoisotopic (exact) mass is 350 g/mol. The molecule has 7 heteroatoms. The third-order valence-corrected chi connectivity index (χ3v) is 6.43. The van der Waals surface area contributed by atoms with Gasteiger partial charge >= 0.3 is 0 Å². The summed E-state index contributed by atoms with van der Waals surface area (Å²) in [4.78, 5) is 2.34. The lowest BCUT2D eigenvalue weighted by Gasteiger charge is -2.06. The van der Waals surface area contributed by atoms with E-state index in [1.165, 1.54) is 0 Å². The van der Waals surface area contributed by atoms with E-state index in [9.17, 15) is 8.42 Å². The van der Waals surface area contributed by atoms with Gasteiger partial charge in [0.15, 0.2) is 0 Å². The fraction of sp³-hybridized carbons (Fsp3) is 0.714. The van der Waals surface area contributed by atoms with Crippen LogP contribution in [-0.2, 0) is 16.6 Å². The molecule has 1 aromatic rings. The largest absolute Gasteiger partial charge is 0.310 e. The summed E-state index contributed by atoms with van der Waals surface area (Å²) in [7, 11) is -3.37. The lowest BCUT2D eigenvalue weighted by molar-refractivity contribution is 0.577. The van der Waals surface area contributed by atoms with E-state index in [2.05, 4.69) is 30.1 Å². The molecule has 0 unspecified atom stereocenters. The molecule has 0 bridgehead atoms. The molecule has 0 amide bonds. The minimum absolute atomic E-state index is 0.391. The molecular weight excluding hydrogens is 324 g/mol. The summed E-state index contributed by atoms with van der Waals surface area (Å²) in [5, 5.41) is 3.31. The first-order chi connectivity index (χ1) is 9.86. The van der Waals surface area contributed by atoms with E-state index in [0.717, 1.165) is 28.3 Å². The summed E-state index contributed by atoms with van der Waals surface area (Å²) in [6, 6.07) is 2.18. The summed E-state index contributed by atoms with van der Waals surface area (Å²) in [5.41, 5.74) is 0. The van der Waals surface area contributed by atoms with E-state index in [1.54, 1.807) is 29.2 Å². The number of nitrogens with one attached hydrogen (secondary N) is 2. The Labute approximate surface area is 137 Å². The van der Waals surface area contributed by atoms with Crippen molar-refractivity contribution >= 4 is 33.1 Å². The molecule has 0 fully saturated rings. The normalized spacial score (nSPS) is 12.2. The summed E-state index contributed by atoms with van der Waals surface area (Å²) in [6.45, 7) is 7.25. The molecule has 1 rings (SSSR count). The van der Waals surface area contributed by atoms with Crippen LogP contribution in [0.3, 0.4) is 0 Å². The maximum absolute atomic E-state index is 12.3. The molecule has 0 saturated heterocycles. The van der Waals surface area contributed by atoms with Crippen molar-refractivity contribution in [2.45, 2.75) is 51.1 Å². The van der Waals surface area contributed by atoms with Crippen molar-refractivity contribution in [2.75, 3.05) is 18.6 Å². The Kier molecular flexibility index (Phi) is 8.26. The van der Waals surface area contributed by atoms with Crippen LogP contribution in [0.1, 0.15) is 36.4 Å². The van der Waals surface area contributed by atoms with Crippen molar-refractivity contribution < 1.29 is 8.42 Å². The molecule has 0 atom stereocenters. The van der Waals surface area contributed by atoms with Crippen LogP contribution in [0.15, 0.2) is 11.0 Å². The van der Waals surface area contributed by atoms with Gasteiger partial charge in [0, 0.05) is 28.9 Å². The van der Waals surface area contributed by atoms with Gasteiger partial charge in [-0.25, -0.2) is 13.1 Å². The topological polar surface area (TPSA) is 58.2 Å². The van der Waals surface area contributed by atoms with Gasteiger partial charge in [0.1, 0.15) is 0 Å². The molecule has 21 heavy (non-hydrogen) atoms. The van der Waals surface area contributed by atoms with Crippen molar-refractivity contribution in [1.29, 1.82) is 0 Å². The second-order valence-corrected chi connectivity index (χ2v) is 9.33. The van der Waals surface area contributed by atoms with Gasteiger partial charge < -0.3 is 5.32 Å². The first-order valence-corrected chi connectivity index (χ1v) is 10.9. The van der Waals surface area contributed by atoms with E-state index < -0.39 is 10.0 Å². The first-order valence-electron chi connectivity index (χ1n) is 7.18. The van der Waals surface area contributed by atoms with Crippen molar-refractivity contribution in [3.63, 3.8) is 0 Å². The van der Waals surface area contributed by atoms with Crippen LogP contribution in [0.5, 0.6) is 0 Å². The average molecular weight is 351 g/mol. The van der Waals surface area contributed by atoms with Crippen LogP contribution in [0.2, 0.25) is 0 Å². The van der Waals surface area contributed by atoms with Crippen LogP contribution in [0, 0.1) is 6.92 Å². The quantitative estimate of drug-likeness (QED) is 0.637. The molecule has 1 aromatic heterocycles. The number of unbranched alkanes of at least 4 members (excludes halogenated alkanes) is 1. The summed E-state index contributed by atoms with van der Waals surface area (Å²) in [5.74, 6) is 1.07. The van der Waals surface area contributed by atoms with Gasteiger partial charge in [0.05, 0.1) is 4.90 Å². The second kappa shape index (κ2) is 9.15. The number of hydrogen-bond acceptors (Lipinski definition) is 5. The molecule has 0 saturated carbocycles. The molecule has 0 aliphatic carbocycles. The first kappa shape index (κ1) is 19.0. The Bertz CT molecular complexity index is 524. The molecule has 0 spiro atoms. The van der Waals surface area contributed by atoms with Gasteiger partial charge in [-0.1, -0.05) is 13.8 Å². The van der Waals surface area contributed by atoms with E-state index in [0.29, 0.717) is 24.0 Å². The standard InChI is InChI=1S/C14H26N2O2S3/c1-11(2)15-10-13-9-14(12(3)20-13)21(17,18)16-7-5-6-8-19-4/h9,11,15-16H,5-8,10H2,1-4H3. The molecule has 0 aliphatic rings. The number of thiophene rings is 1. The van der Waals surface area contributed by atoms with Crippen molar-refractivity contribution in [3.8, 4) is 0 Å². The third kappa shape index (κ3) is 6.69. The Morgan fingerprint density at radius 1 is 1.33 bits per heavy atom. The van der Waals surface area contributed by atoms with Gasteiger partial charge in [-0.05, 0) is 37.8 Å². The maximum atomic E-state index is 12.3. The maximum Gasteiger partial charge on any atom is 0.241 e. The fourth-order valence-electron chi connectivity index (χ4n) is 1.84. The van der Waals surface area contributed by atoms with Crippen molar-refractivity contribution in [3.05, 3.63) is 15.8 Å². The van der Waals surface area contributed by atoms with E-state index in [-0.39, 0.29) is 0 Å². The SMILES string of the molecule is CSCCCCNS(=O)(=O)c1cc(CNC(C)C)sc1C. The van der Waals surface area contributed by atoms with Crippen LogP contribution in [0.25, 0.3) is 0 Å². The Balaban J connectivity index is 2.61. The predicted molar refractivity (Wildman–Crippen MR) is 93.8 cm³/mol. The Hall–Kier alpha value is -0.0800. The summed E-state index contributed by atoms with van der Waals surface area (Å²) in [6.07, 6.45) is 3.98. The molecule has 4 nitrogen and oxygen atoms in total.